The first kappa shape index (κ1) is 44.8. The predicted molar refractivity (Wildman–Crippen MR) is 194 cm³/mol. The summed E-state index contributed by atoms with van der Waals surface area (Å²) in [6, 6.07) is 5.05. The zero-order chi connectivity index (χ0) is 39.0. The smallest absolute Gasteiger partial charge is 0.319 e. The summed E-state index contributed by atoms with van der Waals surface area (Å²) in [5.74, 6) is -2.78. The molecule has 0 spiro atoms. The summed E-state index contributed by atoms with van der Waals surface area (Å²) in [4.78, 5) is 84.9. The summed E-state index contributed by atoms with van der Waals surface area (Å²) in [5.41, 5.74) is 1.27. The van der Waals surface area contributed by atoms with Crippen LogP contribution in [0.3, 0.4) is 0 Å². The van der Waals surface area contributed by atoms with Gasteiger partial charge in [-0.2, -0.15) is 11.8 Å². The van der Waals surface area contributed by atoms with E-state index < -0.39 is 35.7 Å². The number of carbonyl (C=O) groups is 7. The van der Waals surface area contributed by atoms with E-state index in [1.807, 2.05) is 6.26 Å². The maximum absolute atomic E-state index is 12.6. The molecule has 53 heavy (non-hydrogen) atoms. The van der Waals surface area contributed by atoms with Gasteiger partial charge in [0.25, 0.3) is 11.8 Å². The average molecular weight is 766 g/mol. The number of amides is 6. The van der Waals surface area contributed by atoms with E-state index in [4.69, 9.17) is 23.7 Å². The van der Waals surface area contributed by atoms with Crippen molar-refractivity contribution in [3.63, 3.8) is 0 Å². The third-order valence-electron chi connectivity index (χ3n) is 7.43. The lowest BCUT2D eigenvalue weighted by atomic mass is 10.2. The van der Waals surface area contributed by atoms with Gasteiger partial charge in [0.15, 0.2) is 0 Å². The van der Waals surface area contributed by atoms with Gasteiger partial charge < -0.3 is 45.0 Å². The molecule has 1 heterocycles. The Morgan fingerprint density at radius 3 is 1.83 bits per heavy atom. The van der Waals surface area contributed by atoms with Crippen molar-refractivity contribution in [1.82, 2.24) is 20.9 Å². The Hall–Kier alpha value is -4.36. The monoisotopic (exact) mass is 765 g/mol. The van der Waals surface area contributed by atoms with Crippen molar-refractivity contribution in [3.05, 3.63) is 42.0 Å². The van der Waals surface area contributed by atoms with Crippen LogP contribution in [0.5, 0.6) is 0 Å². The zero-order valence-electron chi connectivity index (χ0n) is 30.6. The van der Waals surface area contributed by atoms with Crippen LogP contribution in [0.2, 0.25) is 0 Å². The Kier molecular flexibility index (Phi) is 21.6. The standard InChI is InChI=1S/C35H51N5O12S/c1-24(33(45)38-25(2)34(46)39-28-7-5-27(6-8-28)23-52-35(47)26(3)53-4)37-30(42)12-15-48-17-19-50-21-22-51-20-18-49-16-13-36-29(41)11-14-40-31(43)9-10-32(40)44/h5-10,24-26H,11-23H2,1-4H3,(H,36,41)(H,37,42)(H,38,45)(H,39,46)/t24?,25-,26?/m0/s1. The van der Waals surface area contributed by atoms with Gasteiger partial charge >= 0.3 is 5.97 Å². The summed E-state index contributed by atoms with van der Waals surface area (Å²) in [6.45, 7) is 7.58. The number of ether oxygens (including phenoxy) is 5. The van der Waals surface area contributed by atoms with E-state index >= 15 is 0 Å². The Bertz CT molecular complexity index is 1380. The molecule has 0 saturated carbocycles. The van der Waals surface area contributed by atoms with Crippen molar-refractivity contribution >= 4 is 58.9 Å². The minimum absolute atomic E-state index is 0.0210. The van der Waals surface area contributed by atoms with Crippen molar-refractivity contribution < 1.29 is 57.2 Å². The van der Waals surface area contributed by atoms with Crippen molar-refractivity contribution in [2.45, 2.75) is 57.6 Å². The number of rotatable bonds is 27. The van der Waals surface area contributed by atoms with Crippen LogP contribution in [0.25, 0.3) is 0 Å². The summed E-state index contributed by atoms with van der Waals surface area (Å²) in [6.07, 6.45) is 4.23. The number of anilines is 1. The number of hydrogen-bond acceptors (Lipinski definition) is 13. The highest BCUT2D eigenvalue weighted by molar-refractivity contribution is 7.99. The lowest BCUT2D eigenvalue weighted by Gasteiger charge is -2.18. The van der Waals surface area contributed by atoms with Crippen LogP contribution in [0.1, 0.15) is 39.2 Å². The second-order valence-electron chi connectivity index (χ2n) is 11.7. The van der Waals surface area contributed by atoms with E-state index in [-0.39, 0.29) is 75.4 Å². The first-order chi connectivity index (χ1) is 25.4. The molecule has 2 rings (SSSR count). The molecule has 0 aromatic heterocycles. The summed E-state index contributed by atoms with van der Waals surface area (Å²) in [5, 5.41) is 10.3. The van der Waals surface area contributed by atoms with Crippen LogP contribution < -0.4 is 21.3 Å². The van der Waals surface area contributed by atoms with Crippen molar-refractivity contribution in [2.75, 3.05) is 77.5 Å². The summed E-state index contributed by atoms with van der Waals surface area (Å²) in [7, 11) is 0. The van der Waals surface area contributed by atoms with Gasteiger partial charge in [-0.1, -0.05) is 12.1 Å². The van der Waals surface area contributed by atoms with Gasteiger partial charge in [-0.25, -0.2) is 0 Å². The highest BCUT2D eigenvalue weighted by Gasteiger charge is 2.24. The molecule has 1 aromatic rings. The maximum Gasteiger partial charge on any atom is 0.319 e. The Morgan fingerprint density at radius 2 is 1.25 bits per heavy atom. The lowest BCUT2D eigenvalue weighted by molar-refractivity contribution is -0.144. The second-order valence-corrected chi connectivity index (χ2v) is 12.8. The quantitative estimate of drug-likeness (QED) is 0.0540. The highest BCUT2D eigenvalue weighted by Crippen LogP contribution is 2.13. The van der Waals surface area contributed by atoms with E-state index in [0.29, 0.717) is 38.7 Å². The molecule has 1 aliphatic heterocycles. The zero-order valence-corrected chi connectivity index (χ0v) is 31.5. The molecule has 0 fully saturated rings. The van der Waals surface area contributed by atoms with Gasteiger partial charge in [-0.15, -0.1) is 0 Å². The molecule has 6 amide bonds. The number of nitrogens with one attached hydrogen (secondary N) is 4. The van der Waals surface area contributed by atoms with Crippen LogP contribution in [0, 0.1) is 0 Å². The first-order valence-corrected chi connectivity index (χ1v) is 18.5. The minimum Gasteiger partial charge on any atom is -0.460 e. The summed E-state index contributed by atoms with van der Waals surface area (Å²) >= 11 is 1.40. The topological polar surface area (TPSA) is 217 Å². The van der Waals surface area contributed by atoms with E-state index in [0.717, 1.165) is 10.5 Å². The normalized spacial score (nSPS) is 14.0. The number of thioether (sulfide) groups is 1. The predicted octanol–water partition coefficient (Wildman–Crippen LogP) is 0.317. The van der Waals surface area contributed by atoms with Crippen LogP contribution in [0.15, 0.2) is 36.4 Å². The molecule has 1 aliphatic rings. The van der Waals surface area contributed by atoms with Crippen LogP contribution in [0.4, 0.5) is 5.69 Å². The molecule has 0 saturated heterocycles. The van der Waals surface area contributed by atoms with Crippen molar-refractivity contribution in [3.8, 4) is 0 Å². The number of esters is 1. The molecular formula is C35H51N5O12S. The third kappa shape index (κ3) is 18.8. The fourth-order valence-corrected chi connectivity index (χ4v) is 4.49. The number of carbonyl (C=O) groups excluding carboxylic acids is 7. The van der Waals surface area contributed by atoms with Gasteiger partial charge in [-0.3, -0.25) is 38.5 Å². The maximum atomic E-state index is 12.6. The van der Waals surface area contributed by atoms with Crippen LogP contribution in [-0.4, -0.2) is 136 Å². The molecule has 0 bridgehead atoms. The second kappa shape index (κ2) is 25.6. The molecule has 0 radical (unpaired) electrons. The summed E-state index contributed by atoms with van der Waals surface area (Å²) < 4.78 is 26.9. The first-order valence-electron chi connectivity index (χ1n) is 17.2. The number of benzene rings is 1. The molecule has 3 atom stereocenters. The molecule has 0 aliphatic carbocycles. The Morgan fingerprint density at radius 1 is 0.698 bits per heavy atom. The van der Waals surface area contributed by atoms with Gasteiger partial charge in [0, 0.05) is 43.8 Å². The van der Waals surface area contributed by atoms with Gasteiger partial charge in [0.1, 0.15) is 18.7 Å². The SMILES string of the molecule is CSC(C)C(=O)OCc1ccc(NC(=O)[C@H](C)NC(=O)C(C)NC(=O)CCOCCOCCOCCOCCNC(=O)CCN2C(=O)C=CC2=O)cc1. The lowest BCUT2D eigenvalue weighted by Crippen LogP contribution is -2.50. The van der Waals surface area contributed by atoms with E-state index in [9.17, 15) is 33.6 Å². The molecule has 2 unspecified atom stereocenters. The molecule has 18 heteroatoms. The molecule has 4 N–H and O–H groups in total. The molecule has 294 valence electrons. The number of hydrogen-bond donors (Lipinski definition) is 4. The van der Waals surface area contributed by atoms with Crippen LogP contribution >= 0.6 is 11.8 Å². The fraction of sp³-hybridized carbons (Fsp3) is 0.571. The van der Waals surface area contributed by atoms with Crippen LogP contribution in [-0.2, 0) is 63.9 Å². The van der Waals surface area contributed by atoms with E-state index in [1.165, 1.54) is 37.8 Å². The van der Waals surface area contributed by atoms with Crippen molar-refractivity contribution in [2.24, 2.45) is 0 Å². The van der Waals surface area contributed by atoms with Crippen molar-refractivity contribution in [1.29, 1.82) is 0 Å². The Balaban J connectivity index is 1.42. The molecule has 17 nitrogen and oxygen atoms in total. The minimum atomic E-state index is -0.876. The third-order valence-corrected chi connectivity index (χ3v) is 8.33. The average Bonchev–Trinajstić information content (AvgIpc) is 3.46. The van der Waals surface area contributed by atoms with Gasteiger partial charge in [0.2, 0.25) is 23.6 Å². The fourth-order valence-electron chi connectivity index (χ4n) is 4.23. The molecular weight excluding hydrogens is 714 g/mol. The largest absolute Gasteiger partial charge is 0.460 e. The Labute approximate surface area is 313 Å². The van der Waals surface area contributed by atoms with E-state index in [2.05, 4.69) is 21.3 Å². The van der Waals surface area contributed by atoms with E-state index in [1.54, 1.807) is 31.2 Å². The molecule has 1 aromatic carbocycles. The number of nitrogens with zero attached hydrogens (tertiary/aromatic N) is 1. The highest BCUT2D eigenvalue weighted by atomic mass is 32.2. The van der Waals surface area contributed by atoms with Gasteiger partial charge in [0.05, 0.1) is 58.1 Å². The number of imide groups is 1. The van der Waals surface area contributed by atoms with Gasteiger partial charge in [-0.05, 0) is 44.7 Å².